The lowest BCUT2D eigenvalue weighted by atomic mass is 10.0. The number of fused-ring (bicyclic) bond motifs is 1. The normalized spacial score (nSPS) is 13.8. The smallest absolute Gasteiger partial charge is 0.366 e. The molecule has 0 unspecified atom stereocenters. The third-order valence-electron chi connectivity index (χ3n) is 5.95. The van der Waals surface area contributed by atoms with Gasteiger partial charge in [-0.3, -0.25) is 5.41 Å². The first-order valence-electron chi connectivity index (χ1n) is 11.5. The largest absolute Gasteiger partial charge is 0.578 e. The number of ether oxygens (including phenoxy) is 1. The molecule has 0 fully saturated rings. The van der Waals surface area contributed by atoms with E-state index in [4.69, 9.17) is 32.6 Å². The Labute approximate surface area is 205 Å². The van der Waals surface area contributed by atoms with Crippen LogP contribution in [0.4, 0.5) is 5.69 Å². The molecule has 9 heteroatoms. The standard InChI is InChI=1S/C25H33ClN4O4/c1-2-3-4-12-34-22-9-8-17(13-20(22)26)24(33)29-23(27)19-6-5-7-21-18(19)10-11-30(21)14-25(28,15-31)16-32/h5-9,13,31-32H,2-4,10-12,14-16,28H2,1H3,(H2,27,29,33)/p+1. The first-order chi connectivity index (χ1) is 16.3. The number of amidine groups is 1. The molecule has 34 heavy (non-hydrogen) atoms. The molecular weight excluding hydrogens is 456 g/mol. The number of nitrogens with two attached hydrogens (primary N) is 1. The van der Waals surface area contributed by atoms with Crippen molar-refractivity contribution in [3.8, 4) is 5.75 Å². The van der Waals surface area contributed by atoms with Crippen LogP contribution in [0.2, 0.25) is 5.02 Å². The number of anilines is 1. The maximum Gasteiger partial charge on any atom is 0.366 e. The fraction of sp³-hybridized carbons (Fsp3) is 0.440. The number of nitrogens with one attached hydrogen (secondary N) is 1. The van der Waals surface area contributed by atoms with Gasteiger partial charge in [0.05, 0.1) is 35.9 Å². The zero-order valence-electron chi connectivity index (χ0n) is 19.5. The fourth-order valence-corrected chi connectivity index (χ4v) is 4.19. The Morgan fingerprint density at radius 2 is 2.03 bits per heavy atom. The zero-order chi connectivity index (χ0) is 24.7. The first-order valence-corrected chi connectivity index (χ1v) is 11.9. The van der Waals surface area contributed by atoms with Gasteiger partial charge in [0.2, 0.25) is 0 Å². The highest BCUT2D eigenvalue weighted by Gasteiger charge is 2.31. The highest BCUT2D eigenvalue weighted by Crippen LogP contribution is 2.32. The van der Waals surface area contributed by atoms with Crippen LogP contribution in [-0.2, 0) is 6.42 Å². The molecule has 0 saturated heterocycles. The third kappa shape index (κ3) is 6.07. The second kappa shape index (κ2) is 11.7. The Morgan fingerprint density at radius 1 is 1.26 bits per heavy atom. The van der Waals surface area contributed by atoms with E-state index in [9.17, 15) is 10.2 Å². The van der Waals surface area contributed by atoms with E-state index in [0.717, 1.165) is 30.5 Å². The summed E-state index contributed by atoms with van der Waals surface area (Å²) in [7, 11) is 0. The van der Waals surface area contributed by atoms with Gasteiger partial charge < -0.3 is 30.7 Å². The molecule has 184 valence electrons. The van der Waals surface area contributed by atoms with Crippen molar-refractivity contribution in [3.05, 3.63) is 58.1 Å². The van der Waals surface area contributed by atoms with Gasteiger partial charge in [-0.2, -0.15) is 0 Å². The molecule has 0 saturated carbocycles. The summed E-state index contributed by atoms with van der Waals surface area (Å²) in [6.45, 7) is 3.02. The van der Waals surface area contributed by atoms with Crippen LogP contribution in [0.5, 0.6) is 5.75 Å². The minimum absolute atomic E-state index is 0.0111. The number of benzene rings is 2. The van der Waals surface area contributed by atoms with E-state index in [-0.39, 0.29) is 24.9 Å². The highest BCUT2D eigenvalue weighted by atomic mass is 35.5. The lowest BCUT2D eigenvalue weighted by Gasteiger charge is -2.31. The van der Waals surface area contributed by atoms with Gasteiger partial charge in [0, 0.05) is 24.3 Å². The lowest BCUT2D eigenvalue weighted by molar-refractivity contribution is 0.125. The molecule has 2 aromatic carbocycles. The van der Waals surface area contributed by atoms with Crippen molar-refractivity contribution in [3.63, 3.8) is 0 Å². The van der Waals surface area contributed by atoms with Crippen LogP contribution in [-0.4, -0.2) is 65.5 Å². The van der Waals surface area contributed by atoms with Crippen molar-refractivity contribution >= 4 is 29.0 Å². The summed E-state index contributed by atoms with van der Waals surface area (Å²) < 4.78 is 5.71. The number of aliphatic hydroxyl groups excluding tert-OH is 2. The van der Waals surface area contributed by atoms with Crippen molar-refractivity contribution in [2.45, 2.75) is 38.1 Å². The van der Waals surface area contributed by atoms with E-state index in [1.807, 2.05) is 23.1 Å². The summed E-state index contributed by atoms with van der Waals surface area (Å²) in [5.41, 5.74) is 7.95. The predicted molar refractivity (Wildman–Crippen MR) is 137 cm³/mol. The average Bonchev–Trinajstić information content (AvgIpc) is 3.24. The number of rotatable bonds is 11. The van der Waals surface area contributed by atoms with Crippen LogP contribution in [0.3, 0.4) is 0 Å². The van der Waals surface area contributed by atoms with Gasteiger partial charge in [0.1, 0.15) is 5.75 Å². The second-order valence-electron chi connectivity index (χ2n) is 8.66. The molecule has 1 aliphatic heterocycles. The molecule has 7 N–H and O–H groups in total. The summed E-state index contributed by atoms with van der Waals surface area (Å²) in [6.07, 6.45) is 3.85. The Morgan fingerprint density at radius 3 is 2.71 bits per heavy atom. The summed E-state index contributed by atoms with van der Waals surface area (Å²) in [6, 6.07) is 10.7. The summed E-state index contributed by atoms with van der Waals surface area (Å²) in [5, 5.41) is 36.4. The number of unbranched alkanes of at least 4 members (excludes halogenated alkanes) is 2. The van der Waals surface area contributed by atoms with Gasteiger partial charge in [-0.05, 0) is 42.7 Å². The van der Waals surface area contributed by atoms with E-state index in [1.54, 1.807) is 18.2 Å². The molecule has 0 aromatic heterocycles. The van der Waals surface area contributed by atoms with Crippen LogP contribution in [0, 0.1) is 5.41 Å². The van der Waals surface area contributed by atoms with Crippen molar-refractivity contribution < 1.29 is 20.1 Å². The molecule has 0 aliphatic carbocycles. The first kappa shape index (κ1) is 26.0. The number of aliphatic hydroxyl groups is 2. The Bertz CT molecular complexity index is 1040. The van der Waals surface area contributed by atoms with Crippen molar-refractivity contribution in [2.24, 2.45) is 10.7 Å². The van der Waals surface area contributed by atoms with Gasteiger partial charge in [-0.15, -0.1) is 4.99 Å². The third-order valence-corrected chi connectivity index (χ3v) is 6.24. The quantitative estimate of drug-likeness (QED) is 0.166. The maximum atomic E-state index is 9.54. The van der Waals surface area contributed by atoms with E-state index < -0.39 is 5.54 Å². The molecular formula is C25H34ClN4O4+. The van der Waals surface area contributed by atoms with Gasteiger partial charge >= 0.3 is 5.90 Å². The average molecular weight is 490 g/mol. The van der Waals surface area contributed by atoms with Gasteiger partial charge in [0.15, 0.2) is 5.84 Å². The molecule has 0 spiro atoms. The van der Waals surface area contributed by atoms with Crippen LogP contribution in [0.25, 0.3) is 0 Å². The van der Waals surface area contributed by atoms with Gasteiger partial charge in [0.25, 0.3) is 0 Å². The van der Waals surface area contributed by atoms with Crippen molar-refractivity contribution in [1.29, 1.82) is 5.41 Å². The number of aliphatic imine (C=N–C) groups is 1. The van der Waals surface area contributed by atoms with Gasteiger partial charge in [-0.25, -0.2) is 0 Å². The number of halogens is 1. The van der Waals surface area contributed by atoms with E-state index in [0.29, 0.717) is 48.0 Å². The van der Waals surface area contributed by atoms with Crippen LogP contribution in [0.1, 0.15) is 42.9 Å². The van der Waals surface area contributed by atoms with Crippen molar-refractivity contribution in [2.75, 3.05) is 37.8 Å². The SMILES string of the molecule is CCCCCOc1ccc(C([OH2+])=NC(=N)c2cccc3c2CCN3CC(N)(CO)CO)cc1Cl. The molecule has 1 aliphatic rings. The second-order valence-corrected chi connectivity index (χ2v) is 9.07. The van der Waals surface area contributed by atoms with E-state index >= 15 is 0 Å². The van der Waals surface area contributed by atoms with Crippen LogP contribution >= 0.6 is 11.6 Å². The van der Waals surface area contributed by atoms with E-state index in [2.05, 4.69) is 11.9 Å². The van der Waals surface area contributed by atoms with Crippen LogP contribution in [0.15, 0.2) is 41.4 Å². The summed E-state index contributed by atoms with van der Waals surface area (Å²) in [4.78, 5) is 6.23. The number of hydrogen-bond donors (Lipinski definition) is 4. The molecule has 0 atom stereocenters. The lowest BCUT2D eigenvalue weighted by Crippen LogP contribution is -2.55. The molecule has 8 nitrogen and oxygen atoms in total. The summed E-state index contributed by atoms with van der Waals surface area (Å²) >= 11 is 6.34. The topological polar surface area (TPSA) is 138 Å². The zero-order valence-corrected chi connectivity index (χ0v) is 20.2. The summed E-state index contributed by atoms with van der Waals surface area (Å²) in [5.74, 6) is 0.508. The van der Waals surface area contributed by atoms with Crippen LogP contribution < -0.4 is 15.4 Å². The predicted octanol–water partition coefficient (Wildman–Crippen LogP) is 2.45. The molecule has 0 radical (unpaired) electrons. The number of hydrogen-bond acceptors (Lipinski definition) is 6. The minimum atomic E-state index is -1.11. The molecule has 2 aromatic rings. The highest BCUT2D eigenvalue weighted by molar-refractivity contribution is 6.32. The Kier molecular flexibility index (Phi) is 8.90. The Balaban J connectivity index is 1.76. The van der Waals surface area contributed by atoms with Crippen molar-refractivity contribution in [1.82, 2.24) is 0 Å². The monoisotopic (exact) mass is 489 g/mol. The molecule has 1 heterocycles. The van der Waals surface area contributed by atoms with E-state index in [1.165, 1.54) is 0 Å². The Hall–Kier alpha value is -2.65. The molecule has 3 rings (SSSR count). The minimum Gasteiger partial charge on any atom is -0.578 e. The van der Waals surface area contributed by atoms with Gasteiger partial charge in [-0.1, -0.05) is 43.5 Å². The molecule has 0 bridgehead atoms. The molecule has 0 amide bonds. The maximum absolute atomic E-state index is 9.54. The fourth-order valence-electron chi connectivity index (χ4n) is 3.95. The number of nitrogens with zero attached hydrogens (tertiary/aromatic N) is 2.